The highest BCUT2D eigenvalue weighted by Crippen LogP contribution is 2.45. The van der Waals surface area contributed by atoms with Crippen LogP contribution in [0.2, 0.25) is 0 Å². The quantitative estimate of drug-likeness (QED) is 0.835. The summed E-state index contributed by atoms with van der Waals surface area (Å²) in [5, 5.41) is 0. The van der Waals surface area contributed by atoms with Crippen LogP contribution in [0.3, 0.4) is 0 Å². The fraction of sp³-hybridized carbons (Fsp3) is 1.00. The normalized spacial score (nSPS) is 41.2. The van der Waals surface area contributed by atoms with Gasteiger partial charge in [0.2, 0.25) is 0 Å². The third-order valence-corrected chi connectivity index (χ3v) is 5.44. The lowest BCUT2D eigenvalue weighted by Crippen LogP contribution is -2.52. The molecule has 1 saturated heterocycles. The van der Waals surface area contributed by atoms with Crippen LogP contribution >= 0.6 is 0 Å². The van der Waals surface area contributed by atoms with Crippen LogP contribution in [0, 0.1) is 17.3 Å². The van der Waals surface area contributed by atoms with E-state index in [1.165, 1.54) is 38.6 Å². The summed E-state index contributed by atoms with van der Waals surface area (Å²) in [5.74, 6) is 1.76. The smallest absolute Gasteiger partial charge is 0.0224 e. The zero-order valence-electron chi connectivity index (χ0n) is 12.8. The number of rotatable bonds is 3. The fourth-order valence-electron chi connectivity index (χ4n) is 4.49. The third-order valence-electron chi connectivity index (χ3n) is 5.44. The van der Waals surface area contributed by atoms with Gasteiger partial charge in [-0.1, -0.05) is 34.1 Å². The van der Waals surface area contributed by atoms with E-state index in [-0.39, 0.29) is 0 Å². The van der Waals surface area contributed by atoms with Crippen LogP contribution in [0.15, 0.2) is 0 Å². The molecule has 1 aliphatic heterocycles. The number of nitrogens with zero attached hydrogens (tertiary/aromatic N) is 1. The topological polar surface area (TPSA) is 29.3 Å². The molecule has 0 radical (unpaired) electrons. The molecule has 0 aromatic carbocycles. The van der Waals surface area contributed by atoms with Crippen molar-refractivity contribution in [3.05, 3.63) is 0 Å². The Morgan fingerprint density at radius 1 is 1.28 bits per heavy atom. The van der Waals surface area contributed by atoms with Crippen LogP contribution in [-0.2, 0) is 0 Å². The molecule has 2 rings (SSSR count). The number of hydrogen-bond donors (Lipinski definition) is 1. The van der Waals surface area contributed by atoms with Gasteiger partial charge in [0.05, 0.1) is 0 Å². The van der Waals surface area contributed by atoms with Crippen LogP contribution < -0.4 is 5.73 Å². The standard InChI is InChI=1S/C16H32N2/c1-5-13-6-7-18(14(8-13)11-17)15-10-16(3,4)9-12(15)2/h12-15H,5-11,17H2,1-4H3. The molecule has 1 saturated carbocycles. The van der Waals surface area contributed by atoms with Gasteiger partial charge < -0.3 is 5.73 Å². The van der Waals surface area contributed by atoms with Crippen molar-refractivity contribution in [2.75, 3.05) is 13.1 Å². The molecule has 2 fully saturated rings. The van der Waals surface area contributed by atoms with E-state index < -0.39 is 0 Å². The van der Waals surface area contributed by atoms with E-state index in [0.717, 1.165) is 24.4 Å². The molecule has 18 heavy (non-hydrogen) atoms. The van der Waals surface area contributed by atoms with E-state index in [4.69, 9.17) is 5.73 Å². The maximum Gasteiger partial charge on any atom is 0.0224 e. The Morgan fingerprint density at radius 3 is 2.50 bits per heavy atom. The lowest BCUT2D eigenvalue weighted by atomic mass is 9.86. The molecule has 4 atom stereocenters. The Bertz CT molecular complexity index is 274. The molecule has 4 unspecified atom stereocenters. The van der Waals surface area contributed by atoms with Crippen molar-refractivity contribution in [2.24, 2.45) is 23.0 Å². The van der Waals surface area contributed by atoms with Gasteiger partial charge in [-0.25, -0.2) is 0 Å². The summed E-state index contributed by atoms with van der Waals surface area (Å²) in [4.78, 5) is 2.77. The summed E-state index contributed by atoms with van der Waals surface area (Å²) in [6.45, 7) is 11.8. The molecular formula is C16H32N2. The average Bonchev–Trinajstić information content (AvgIpc) is 2.61. The summed E-state index contributed by atoms with van der Waals surface area (Å²) >= 11 is 0. The van der Waals surface area contributed by atoms with E-state index in [1.807, 2.05) is 0 Å². The van der Waals surface area contributed by atoms with Gasteiger partial charge in [-0.3, -0.25) is 4.90 Å². The van der Waals surface area contributed by atoms with Crippen molar-refractivity contribution in [3.8, 4) is 0 Å². The summed E-state index contributed by atoms with van der Waals surface area (Å²) in [6.07, 6.45) is 6.79. The minimum absolute atomic E-state index is 0.533. The first-order valence-corrected chi connectivity index (χ1v) is 7.92. The molecule has 0 aromatic heterocycles. The van der Waals surface area contributed by atoms with Crippen molar-refractivity contribution in [1.29, 1.82) is 0 Å². The summed E-state index contributed by atoms with van der Waals surface area (Å²) in [5.41, 5.74) is 6.58. The Labute approximate surface area is 113 Å². The van der Waals surface area contributed by atoms with Gasteiger partial charge in [0.15, 0.2) is 0 Å². The second-order valence-corrected chi connectivity index (χ2v) is 7.54. The van der Waals surface area contributed by atoms with E-state index in [0.29, 0.717) is 11.5 Å². The predicted octanol–water partition coefficient (Wildman–Crippen LogP) is 3.26. The third kappa shape index (κ3) is 2.91. The van der Waals surface area contributed by atoms with Gasteiger partial charge in [-0.2, -0.15) is 0 Å². The first-order valence-electron chi connectivity index (χ1n) is 7.92. The lowest BCUT2D eigenvalue weighted by molar-refractivity contribution is 0.0537. The summed E-state index contributed by atoms with van der Waals surface area (Å²) < 4.78 is 0. The van der Waals surface area contributed by atoms with E-state index >= 15 is 0 Å². The van der Waals surface area contributed by atoms with Gasteiger partial charge in [0.1, 0.15) is 0 Å². The van der Waals surface area contributed by atoms with Gasteiger partial charge in [0.25, 0.3) is 0 Å². The van der Waals surface area contributed by atoms with E-state index in [2.05, 4.69) is 32.6 Å². The minimum atomic E-state index is 0.533. The van der Waals surface area contributed by atoms with Crippen LogP contribution in [0.4, 0.5) is 0 Å². The molecule has 2 aliphatic rings. The highest BCUT2D eigenvalue weighted by molar-refractivity contribution is 4.96. The molecule has 1 heterocycles. The maximum absolute atomic E-state index is 6.05. The van der Waals surface area contributed by atoms with Gasteiger partial charge in [-0.05, 0) is 49.5 Å². The zero-order chi connectivity index (χ0) is 13.3. The number of hydrogen-bond acceptors (Lipinski definition) is 2. The van der Waals surface area contributed by atoms with Crippen LogP contribution in [0.1, 0.15) is 59.8 Å². The first-order chi connectivity index (χ1) is 8.46. The van der Waals surface area contributed by atoms with Crippen molar-refractivity contribution in [2.45, 2.75) is 71.9 Å². The molecular weight excluding hydrogens is 220 g/mol. The van der Waals surface area contributed by atoms with Crippen molar-refractivity contribution >= 4 is 0 Å². The van der Waals surface area contributed by atoms with E-state index in [9.17, 15) is 0 Å². The molecule has 2 nitrogen and oxygen atoms in total. The van der Waals surface area contributed by atoms with Crippen molar-refractivity contribution in [3.63, 3.8) is 0 Å². The summed E-state index contributed by atoms with van der Waals surface area (Å²) in [7, 11) is 0. The Kier molecular flexibility index (Phi) is 4.38. The van der Waals surface area contributed by atoms with Crippen LogP contribution in [0.5, 0.6) is 0 Å². The SMILES string of the molecule is CCC1CCN(C2CC(C)(C)CC2C)C(CN)C1. The highest BCUT2D eigenvalue weighted by Gasteiger charge is 2.42. The van der Waals surface area contributed by atoms with Gasteiger partial charge >= 0.3 is 0 Å². The minimum Gasteiger partial charge on any atom is -0.329 e. The lowest BCUT2D eigenvalue weighted by Gasteiger charge is -2.44. The monoisotopic (exact) mass is 252 g/mol. The van der Waals surface area contributed by atoms with Crippen molar-refractivity contribution < 1.29 is 0 Å². The maximum atomic E-state index is 6.05. The second kappa shape index (κ2) is 5.50. The molecule has 0 spiro atoms. The predicted molar refractivity (Wildman–Crippen MR) is 78.5 cm³/mol. The fourth-order valence-corrected chi connectivity index (χ4v) is 4.49. The molecule has 106 valence electrons. The second-order valence-electron chi connectivity index (χ2n) is 7.54. The average molecular weight is 252 g/mol. The molecule has 2 N–H and O–H groups in total. The number of nitrogens with two attached hydrogens (primary N) is 1. The van der Waals surface area contributed by atoms with Crippen LogP contribution in [-0.4, -0.2) is 30.1 Å². The zero-order valence-corrected chi connectivity index (χ0v) is 12.8. The molecule has 1 aliphatic carbocycles. The van der Waals surface area contributed by atoms with Gasteiger partial charge in [-0.15, -0.1) is 0 Å². The number of likely N-dealkylation sites (tertiary alicyclic amines) is 1. The number of piperidine rings is 1. The Hall–Kier alpha value is -0.0800. The molecule has 2 heteroatoms. The highest BCUT2D eigenvalue weighted by atomic mass is 15.2. The molecule has 0 aromatic rings. The largest absolute Gasteiger partial charge is 0.329 e. The van der Waals surface area contributed by atoms with Crippen molar-refractivity contribution in [1.82, 2.24) is 4.90 Å². The summed E-state index contributed by atoms with van der Waals surface area (Å²) in [6, 6.07) is 1.43. The van der Waals surface area contributed by atoms with Gasteiger partial charge in [0, 0.05) is 18.6 Å². The molecule has 0 amide bonds. The van der Waals surface area contributed by atoms with Crippen LogP contribution in [0.25, 0.3) is 0 Å². The molecule has 0 bridgehead atoms. The first kappa shape index (κ1) is 14.3. The Morgan fingerprint density at radius 2 is 2.00 bits per heavy atom. The Balaban J connectivity index is 2.04. The van der Waals surface area contributed by atoms with E-state index in [1.54, 1.807) is 0 Å².